The van der Waals surface area contributed by atoms with Crippen LogP contribution in [0.2, 0.25) is 0 Å². The number of ether oxygens (including phenoxy) is 6. The summed E-state index contributed by atoms with van der Waals surface area (Å²) >= 11 is 1.06. The number of esters is 1. The summed E-state index contributed by atoms with van der Waals surface area (Å²) in [6.07, 6.45) is 8.00. The van der Waals surface area contributed by atoms with E-state index in [2.05, 4.69) is 65.3 Å². The molecule has 34 heteroatoms. The number of carbonyl (C=O) groups is 12. The van der Waals surface area contributed by atoms with Crippen LogP contribution in [0.15, 0.2) is 102 Å². The van der Waals surface area contributed by atoms with Crippen molar-refractivity contribution < 1.29 is 95.9 Å². The molecule has 0 spiro atoms. The summed E-state index contributed by atoms with van der Waals surface area (Å²) in [5, 5.41) is 35.6. The number of aliphatic carboxylic acids is 1. The number of urea groups is 1. The van der Waals surface area contributed by atoms with Crippen LogP contribution in [0.25, 0.3) is 0 Å². The SMILES string of the molecule is C#CCCCON(C(=O)[C@@H](NC(=O)[C@H]1CCCCN1C)[C@@H](C)CC)[C@H](C[C@@H](OC(C)=O)c1nc(C(=O)N[C@@H](Cc2ccc(NC(=O)OCc3ccc(NC(=O)[C@H](CCCNC(N)=O)NC(=O)[C@@H](NC(=O)CCOCCOCCOCCOCCNC(=O)CCC(=O)N4Cc5ccccc5C#Cc5ccccc54)C(C)C)cc3)cc2)CC(C)(C)C(=O)O)cs1)C(C)C. The summed E-state index contributed by atoms with van der Waals surface area (Å²) in [5.41, 5.74) is 9.09. The Morgan fingerprint density at radius 2 is 1.34 bits per heavy atom. The molecule has 684 valence electrons. The number of hydrogen-bond donors (Lipinski definition) is 10. The molecular formula is C92H125N13O20S. The first-order valence-electron chi connectivity index (χ1n) is 43.0. The highest BCUT2D eigenvalue weighted by molar-refractivity contribution is 7.09. The van der Waals surface area contributed by atoms with Gasteiger partial charge in [-0.05, 0) is 149 Å². The molecule has 0 unspecified atom stereocenters. The van der Waals surface area contributed by atoms with E-state index < -0.39 is 107 Å². The second kappa shape index (κ2) is 53.2. The lowest BCUT2D eigenvalue weighted by Gasteiger charge is -2.39. The fourth-order valence-corrected chi connectivity index (χ4v) is 14.8. The molecule has 11 amide bonds. The highest BCUT2D eigenvalue weighted by Gasteiger charge is 2.41. The molecule has 3 heterocycles. The molecule has 1 saturated heterocycles. The molecule has 7 rings (SSSR count). The maximum Gasteiger partial charge on any atom is 0.411 e. The number of nitrogens with one attached hydrogen (secondary N) is 8. The largest absolute Gasteiger partial charge is 0.481 e. The highest BCUT2D eigenvalue weighted by atomic mass is 32.1. The third-order valence-electron chi connectivity index (χ3n) is 21.3. The lowest BCUT2D eigenvalue weighted by Crippen LogP contribution is -2.58. The number of unbranched alkanes of at least 4 members (excludes halogenated alkanes) is 1. The Morgan fingerprint density at radius 1 is 0.698 bits per heavy atom. The van der Waals surface area contributed by atoms with Crippen molar-refractivity contribution in [3.8, 4) is 24.2 Å². The van der Waals surface area contributed by atoms with Crippen molar-refractivity contribution in [1.82, 2.24) is 46.8 Å². The van der Waals surface area contributed by atoms with E-state index in [0.29, 0.717) is 67.0 Å². The fraction of sp³-hybridized carbons (Fsp3) is 0.533. The normalized spacial score (nSPS) is 14.8. The number of primary amides is 1. The Labute approximate surface area is 742 Å². The number of aromatic nitrogens is 1. The predicted octanol–water partition coefficient (Wildman–Crippen LogP) is 9.25. The van der Waals surface area contributed by atoms with E-state index in [1.54, 1.807) is 81.1 Å². The quantitative estimate of drug-likeness (QED) is 0.00750. The van der Waals surface area contributed by atoms with Crippen LogP contribution in [0.5, 0.6) is 0 Å². The van der Waals surface area contributed by atoms with Crippen LogP contribution in [0, 0.1) is 47.4 Å². The van der Waals surface area contributed by atoms with Gasteiger partial charge in [0.25, 0.3) is 11.8 Å². The smallest absolute Gasteiger partial charge is 0.411 e. The highest BCUT2D eigenvalue weighted by Crippen LogP contribution is 2.34. The van der Waals surface area contributed by atoms with E-state index in [1.165, 1.54) is 17.4 Å². The average molecular weight is 1770 g/mol. The molecule has 2 aliphatic heterocycles. The number of para-hydroxylation sites is 1. The molecule has 0 saturated carbocycles. The first-order chi connectivity index (χ1) is 60.3. The van der Waals surface area contributed by atoms with E-state index in [9.17, 15) is 62.6 Å². The molecule has 126 heavy (non-hydrogen) atoms. The molecule has 2 aliphatic rings. The van der Waals surface area contributed by atoms with Crippen molar-refractivity contribution in [2.45, 2.75) is 208 Å². The minimum Gasteiger partial charge on any atom is -0.481 e. The number of likely N-dealkylation sites (tertiary alicyclic amines) is 1. The number of benzene rings is 4. The minimum atomic E-state index is -1.31. The molecule has 1 aromatic heterocycles. The number of carboxylic acid groups (broad SMARTS) is 1. The topological polar surface area (TPSA) is 435 Å². The van der Waals surface area contributed by atoms with Gasteiger partial charge in [0.15, 0.2) is 6.10 Å². The summed E-state index contributed by atoms with van der Waals surface area (Å²) in [6.45, 7) is 18.6. The number of terminal acetylenes is 1. The molecule has 0 radical (unpaired) electrons. The van der Waals surface area contributed by atoms with Crippen molar-refractivity contribution in [1.29, 1.82) is 0 Å². The van der Waals surface area contributed by atoms with Gasteiger partial charge in [-0.1, -0.05) is 121 Å². The number of anilines is 3. The molecule has 5 aromatic rings. The first kappa shape index (κ1) is 102. The lowest BCUT2D eigenvalue weighted by molar-refractivity contribution is -0.213. The molecule has 4 aromatic carbocycles. The van der Waals surface area contributed by atoms with Gasteiger partial charge < -0.3 is 81.4 Å². The molecular weight excluding hydrogens is 1640 g/mol. The molecule has 11 N–H and O–H groups in total. The van der Waals surface area contributed by atoms with Crippen molar-refractivity contribution in [3.05, 3.63) is 141 Å². The Hall–Kier alpha value is -11.4. The number of amides is 11. The summed E-state index contributed by atoms with van der Waals surface area (Å²) in [7, 11) is 1.90. The third-order valence-corrected chi connectivity index (χ3v) is 22.3. The maximum atomic E-state index is 15.0. The predicted molar refractivity (Wildman–Crippen MR) is 474 cm³/mol. The van der Waals surface area contributed by atoms with Gasteiger partial charge >= 0.3 is 24.1 Å². The van der Waals surface area contributed by atoms with Crippen molar-refractivity contribution in [3.63, 3.8) is 0 Å². The Morgan fingerprint density at radius 3 is 1.98 bits per heavy atom. The van der Waals surface area contributed by atoms with E-state index in [0.717, 1.165) is 47.4 Å². The number of rotatable bonds is 53. The number of nitrogens with two attached hydrogens (primary N) is 1. The summed E-state index contributed by atoms with van der Waals surface area (Å²) in [5.74, 6) is 2.75. The first-order valence-corrected chi connectivity index (χ1v) is 43.9. The standard InChI is InChI=1S/C92H125N13O20S/c1-12-14-21-45-124-105(88(114)82(62(7)13-2)102-85(112)75-28-19-20-44-103(75)11)76(60(3)4)55-77(125-63(8)106)87-100-73(59-126-87)84(111)97-71(56-92(9,10)89(115)116)54-64-29-35-70(36-30-64)98-91(118)123-58-65-31-37-69(38-32-65)96-83(110)72(26-22-42-95-90(93)117)99-86(113)81(61(5)6)101-79(108)41-46-119-48-50-121-52-53-122-51-49-120-47-43-94-78(107)39-40-80(109)104-57-68-25-16-15-23-66(68)33-34-67-24-17-18-27-74(67)104/h1,15-18,23-25,27,29-32,35-38,59-62,71-72,75-77,81-82H,13-14,19-22,26,28,39-58H2,2-11H3,(H,94,107)(H,96,110)(H,97,111)(H,98,118)(H,99,113)(H,101,108)(H,102,112)(H,115,116)(H3,93,95,117)/t62-,71-,72-,75+,76+,77+,81-,82-/m0/s1. The van der Waals surface area contributed by atoms with Gasteiger partial charge in [-0.15, -0.1) is 23.7 Å². The zero-order valence-corrected chi connectivity index (χ0v) is 74.8. The van der Waals surface area contributed by atoms with Crippen LogP contribution in [-0.2, 0) is 96.0 Å². The van der Waals surface area contributed by atoms with Gasteiger partial charge in [-0.3, -0.25) is 63.0 Å². The third kappa shape index (κ3) is 34.5. The van der Waals surface area contributed by atoms with Gasteiger partial charge in [0.1, 0.15) is 35.4 Å². The molecule has 0 bridgehead atoms. The van der Waals surface area contributed by atoms with Gasteiger partial charge in [-0.2, -0.15) is 0 Å². The van der Waals surface area contributed by atoms with E-state index >= 15 is 0 Å². The van der Waals surface area contributed by atoms with Gasteiger partial charge in [0.2, 0.25) is 35.4 Å². The van der Waals surface area contributed by atoms with Gasteiger partial charge in [-0.25, -0.2) is 19.6 Å². The average Bonchev–Trinajstić information content (AvgIpc) is 0.893. The summed E-state index contributed by atoms with van der Waals surface area (Å²) < 4.78 is 33.8. The van der Waals surface area contributed by atoms with Crippen LogP contribution in [0.1, 0.15) is 195 Å². The zero-order valence-electron chi connectivity index (χ0n) is 73.9. The number of likely N-dealkylation sites (N-methyl/N-ethyl adjacent to an activating group) is 1. The monoisotopic (exact) mass is 1760 g/mol. The zero-order chi connectivity index (χ0) is 91.7. The number of piperidine rings is 1. The van der Waals surface area contributed by atoms with Crippen molar-refractivity contribution >= 4 is 99.7 Å². The number of hydroxylamine groups is 2. The Kier molecular flexibility index (Phi) is 42.9. The van der Waals surface area contributed by atoms with Crippen molar-refractivity contribution in [2.75, 3.05) is 102 Å². The minimum absolute atomic E-state index is 0.00744. The van der Waals surface area contributed by atoms with Crippen LogP contribution in [-0.4, -0.2) is 214 Å². The van der Waals surface area contributed by atoms with Crippen LogP contribution in [0.3, 0.4) is 0 Å². The van der Waals surface area contributed by atoms with E-state index in [-0.39, 0.29) is 164 Å². The van der Waals surface area contributed by atoms with Gasteiger partial charge in [0.05, 0.1) is 89.2 Å². The molecule has 33 nitrogen and oxygen atoms in total. The number of hydrogen-bond acceptors (Lipinski definition) is 22. The number of thiazole rings is 1. The molecule has 1 fully saturated rings. The van der Waals surface area contributed by atoms with E-state index in [1.807, 2.05) is 88.2 Å². The second-order valence-electron chi connectivity index (χ2n) is 32.5. The summed E-state index contributed by atoms with van der Waals surface area (Å²) in [6, 6.07) is 22.4. The number of fused-ring (bicyclic) bond motifs is 2. The number of nitrogens with zero attached hydrogens (tertiary/aromatic N) is 4. The van der Waals surface area contributed by atoms with Crippen LogP contribution in [0.4, 0.5) is 26.7 Å². The fourth-order valence-electron chi connectivity index (χ4n) is 14.0. The van der Waals surface area contributed by atoms with Crippen LogP contribution >= 0.6 is 11.3 Å². The number of carboxylic acids is 1. The summed E-state index contributed by atoms with van der Waals surface area (Å²) in [4.78, 5) is 175. The van der Waals surface area contributed by atoms with E-state index in [4.69, 9.17) is 45.4 Å². The second-order valence-corrected chi connectivity index (χ2v) is 33.4. The lowest BCUT2D eigenvalue weighted by atomic mass is 9.84. The number of carbonyl (C=O) groups excluding carboxylic acids is 11. The van der Waals surface area contributed by atoms with Crippen LogP contribution < -0.4 is 53.2 Å². The Balaban J connectivity index is 0.821. The molecule has 0 aliphatic carbocycles. The van der Waals surface area contributed by atoms with Gasteiger partial charge in [0, 0.05) is 86.0 Å². The maximum absolute atomic E-state index is 15.0. The molecule has 8 atom stereocenters. The van der Waals surface area contributed by atoms with Crippen molar-refractivity contribution in [2.24, 2.45) is 28.9 Å². The Bertz CT molecular complexity index is 4530.